The summed E-state index contributed by atoms with van der Waals surface area (Å²) >= 11 is 0. The summed E-state index contributed by atoms with van der Waals surface area (Å²) in [5.74, 6) is 0.945. The van der Waals surface area contributed by atoms with E-state index in [1.807, 2.05) is 6.07 Å². The fourth-order valence-corrected chi connectivity index (χ4v) is 2.96. The molecule has 1 rings (SSSR count). The molecule has 2 heteroatoms. The summed E-state index contributed by atoms with van der Waals surface area (Å²) in [5.41, 5.74) is 1.26. The van der Waals surface area contributed by atoms with Crippen molar-refractivity contribution >= 4 is 5.78 Å². The second-order valence-electron chi connectivity index (χ2n) is 6.01. The van der Waals surface area contributed by atoms with Crippen LogP contribution in [0.4, 0.5) is 0 Å². The first-order valence-corrected chi connectivity index (χ1v) is 7.79. The molecule has 0 spiro atoms. The quantitative estimate of drug-likeness (QED) is 0.710. The lowest BCUT2D eigenvalue weighted by Crippen LogP contribution is -2.44. The SMILES string of the molecule is CCC(CC)C(=O)C(C(C)C)N(C)Cc1ccccc1. The van der Waals surface area contributed by atoms with Crippen molar-refractivity contribution in [2.24, 2.45) is 11.8 Å². The number of Topliss-reactive ketones (excluding diaryl/α,β-unsaturated/α-hetero) is 1. The van der Waals surface area contributed by atoms with Gasteiger partial charge in [0.25, 0.3) is 0 Å². The molecule has 0 amide bonds. The van der Waals surface area contributed by atoms with Crippen LogP contribution in [0.5, 0.6) is 0 Å². The van der Waals surface area contributed by atoms with Gasteiger partial charge in [0, 0.05) is 12.5 Å². The maximum absolute atomic E-state index is 12.7. The van der Waals surface area contributed by atoms with Gasteiger partial charge in [-0.3, -0.25) is 9.69 Å². The zero-order chi connectivity index (χ0) is 15.1. The van der Waals surface area contributed by atoms with E-state index in [-0.39, 0.29) is 12.0 Å². The van der Waals surface area contributed by atoms with Crippen molar-refractivity contribution in [2.75, 3.05) is 7.05 Å². The number of ketones is 1. The summed E-state index contributed by atoms with van der Waals surface area (Å²) < 4.78 is 0. The molecule has 0 radical (unpaired) electrons. The minimum Gasteiger partial charge on any atom is -0.298 e. The van der Waals surface area contributed by atoms with E-state index in [0.717, 1.165) is 19.4 Å². The normalized spacial score (nSPS) is 13.2. The van der Waals surface area contributed by atoms with Gasteiger partial charge in [-0.1, -0.05) is 58.0 Å². The lowest BCUT2D eigenvalue weighted by molar-refractivity contribution is -0.129. The van der Waals surface area contributed by atoms with Crippen molar-refractivity contribution in [3.63, 3.8) is 0 Å². The fraction of sp³-hybridized carbons (Fsp3) is 0.611. The first kappa shape index (κ1) is 16.9. The molecule has 1 unspecified atom stereocenters. The van der Waals surface area contributed by atoms with Gasteiger partial charge in [0.2, 0.25) is 0 Å². The minimum atomic E-state index is 0.0140. The molecule has 0 saturated carbocycles. The van der Waals surface area contributed by atoms with Crippen LogP contribution in [0.15, 0.2) is 30.3 Å². The topological polar surface area (TPSA) is 20.3 Å². The van der Waals surface area contributed by atoms with Crippen LogP contribution in [-0.2, 0) is 11.3 Å². The van der Waals surface area contributed by atoms with Gasteiger partial charge < -0.3 is 0 Å². The maximum atomic E-state index is 12.7. The maximum Gasteiger partial charge on any atom is 0.153 e. The third-order valence-electron chi connectivity index (χ3n) is 4.06. The molecule has 1 aromatic rings. The van der Waals surface area contributed by atoms with E-state index in [9.17, 15) is 4.79 Å². The van der Waals surface area contributed by atoms with Crippen molar-refractivity contribution in [2.45, 2.75) is 53.1 Å². The third kappa shape index (κ3) is 4.45. The number of carbonyl (C=O) groups is 1. The van der Waals surface area contributed by atoms with Gasteiger partial charge in [0.05, 0.1) is 6.04 Å². The molecular weight excluding hydrogens is 246 g/mol. The predicted molar refractivity (Wildman–Crippen MR) is 85.6 cm³/mol. The average molecular weight is 275 g/mol. The molecule has 0 aliphatic rings. The molecule has 0 aromatic heterocycles. The molecule has 0 saturated heterocycles. The largest absolute Gasteiger partial charge is 0.298 e. The number of nitrogens with zero attached hydrogens (tertiary/aromatic N) is 1. The van der Waals surface area contributed by atoms with Crippen molar-refractivity contribution in [3.05, 3.63) is 35.9 Å². The van der Waals surface area contributed by atoms with Crippen molar-refractivity contribution < 1.29 is 4.79 Å². The Morgan fingerprint density at radius 1 is 1.10 bits per heavy atom. The van der Waals surface area contributed by atoms with Gasteiger partial charge in [-0.25, -0.2) is 0 Å². The highest BCUT2D eigenvalue weighted by atomic mass is 16.1. The Labute approximate surface area is 124 Å². The summed E-state index contributed by atoms with van der Waals surface area (Å²) in [5, 5.41) is 0. The van der Waals surface area contributed by atoms with E-state index >= 15 is 0 Å². The highest BCUT2D eigenvalue weighted by molar-refractivity contribution is 5.86. The Balaban J connectivity index is 2.82. The average Bonchev–Trinajstić information content (AvgIpc) is 2.40. The number of hydrogen-bond acceptors (Lipinski definition) is 2. The van der Waals surface area contributed by atoms with Crippen LogP contribution >= 0.6 is 0 Å². The molecule has 0 fully saturated rings. The molecule has 112 valence electrons. The lowest BCUT2D eigenvalue weighted by atomic mass is 9.87. The number of carbonyl (C=O) groups excluding carboxylic acids is 1. The van der Waals surface area contributed by atoms with E-state index in [1.54, 1.807) is 0 Å². The molecule has 0 aliphatic heterocycles. The highest BCUT2D eigenvalue weighted by Crippen LogP contribution is 2.21. The first-order valence-electron chi connectivity index (χ1n) is 7.79. The Morgan fingerprint density at radius 3 is 2.10 bits per heavy atom. The number of benzene rings is 1. The van der Waals surface area contributed by atoms with Crippen LogP contribution in [0.1, 0.15) is 46.1 Å². The van der Waals surface area contributed by atoms with E-state index in [4.69, 9.17) is 0 Å². The summed E-state index contributed by atoms with van der Waals surface area (Å²) in [4.78, 5) is 14.9. The zero-order valence-corrected chi connectivity index (χ0v) is 13.6. The molecule has 0 bridgehead atoms. The summed E-state index contributed by atoms with van der Waals surface area (Å²) in [7, 11) is 2.07. The second kappa shape index (κ2) is 8.21. The van der Waals surface area contributed by atoms with Crippen LogP contribution in [0.3, 0.4) is 0 Å². The van der Waals surface area contributed by atoms with Gasteiger partial charge in [0.15, 0.2) is 5.78 Å². The Bertz CT molecular complexity index is 395. The predicted octanol–water partition coefficient (Wildman–Crippen LogP) is 4.15. The summed E-state index contributed by atoms with van der Waals surface area (Å²) in [6.07, 6.45) is 1.88. The van der Waals surface area contributed by atoms with Gasteiger partial charge in [0.1, 0.15) is 0 Å². The summed E-state index contributed by atoms with van der Waals surface area (Å²) in [6, 6.07) is 10.4. The molecule has 1 aromatic carbocycles. The van der Waals surface area contributed by atoms with E-state index < -0.39 is 0 Å². The van der Waals surface area contributed by atoms with Gasteiger partial charge in [-0.2, -0.15) is 0 Å². The van der Waals surface area contributed by atoms with E-state index in [2.05, 4.69) is 63.9 Å². The number of likely N-dealkylation sites (N-methyl/N-ethyl adjacent to an activating group) is 1. The molecule has 0 aliphatic carbocycles. The Morgan fingerprint density at radius 2 is 1.65 bits per heavy atom. The molecular formula is C18H29NO. The van der Waals surface area contributed by atoms with Gasteiger partial charge >= 0.3 is 0 Å². The minimum absolute atomic E-state index is 0.0140. The standard InChI is InChI=1S/C18H29NO/c1-6-16(7-2)18(20)17(14(3)4)19(5)13-15-11-9-8-10-12-15/h8-12,14,16-17H,6-7,13H2,1-5H3. The number of hydrogen-bond donors (Lipinski definition) is 0. The van der Waals surface area contributed by atoms with E-state index in [0.29, 0.717) is 11.7 Å². The van der Waals surface area contributed by atoms with Crippen molar-refractivity contribution in [1.82, 2.24) is 4.90 Å². The van der Waals surface area contributed by atoms with Crippen LogP contribution in [0, 0.1) is 11.8 Å². The molecule has 0 heterocycles. The second-order valence-corrected chi connectivity index (χ2v) is 6.01. The molecule has 2 nitrogen and oxygen atoms in total. The molecule has 1 atom stereocenters. The first-order chi connectivity index (χ1) is 9.51. The number of rotatable bonds is 8. The monoisotopic (exact) mass is 275 g/mol. The van der Waals surface area contributed by atoms with Crippen LogP contribution < -0.4 is 0 Å². The van der Waals surface area contributed by atoms with Crippen LogP contribution in [0.2, 0.25) is 0 Å². The molecule has 0 N–H and O–H groups in total. The summed E-state index contributed by atoms with van der Waals surface area (Å²) in [6.45, 7) is 9.34. The van der Waals surface area contributed by atoms with Gasteiger partial charge in [-0.15, -0.1) is 0 Å². The van der Waals surface area contributed by atoms with E-state index in [1.165, 1.54) is 5.56 Å². The van der Waals surface area contributed by atoms with Crippen LogP contribution in [-0.4, -0.2) is 23.8 Å². The zero-order valence-electron chi connectivity index (χ0n) is 13.6. The lowest BCUT2D eigenvalue weighted by Gasteiger charge is -2.32. The fourth-order valence-electron chi connectivity index (χ4n) is 2.96. The van der Waals surface area contributed by atoms with Crippen molar-refractivity contribution in [1.29, 1.82) is 0 Å². The highest BCUT2D eigenvalue weighted by Gasteiger charge is 2.30. The van der Waals surface area contributed by atoms with Crippen LogP contribution in [0.25, 0.3) is 0 Å². The van der Waals surface area contributed by atoms with Gasteiger partial charge in [-0.05, 0) is 31.4 Å². The Hall–Kier alpha value is -1.15. The Kier molecular flexibility index (Phi) is 6.94. The third-order valence-corrected chi connectivity index (χ3v) is 4.06. The van der Waals surface area contributed by atoms with Crippen molar-refractivity contribution in [3.8, 4) is 0 Å². The molecule has 20 heavy (non-hydrogen) atoms. The smallest absolute Gasteiger partial charge is 0.153 e.